The van der Waals surface area contributed by atoms with E-state index in [1.165, 1.54) is 6.33 Å². The zero-order chi connectivity index (χ0) is 23.2. The molecular formula is C25H20Cl2N4O2. The van der Waals surface area contributed by atoms with Gasteiger partial charge in [0.1, 0.15) is 17.9 Å². The molecule has 0 aliphatic heterocycles. The topological polar surface area (TPSA) is 76.1 Å². The molecule has 0 aliphatic carbocycles. The lowest BCUT2D eigenvalue weighted by Crippen LogP contribution is -2.30. The average Bonchev–Trinajstić information content (AvgIpc) is 2.83. The molecule has 1 unspecified atom stereocenters. The lowest BCUT2D eigenvalue weighted by molar-refractivity contribution is -0.122. The fourth-order valence-electron chi connectivity index (χ4n) is 3.04. The van der Waals surface area contributed by atoms with Crippen molar-refractivity contribution in [1.82, 2.24) is 9.97 Å². The Morgan fingerprint density at radius 2 is 1.64 bits per heavy atom. The number of halogens is 2. The number of benzene rings is 3. The summed E-state index contributed by atoms with van der Waals surface area (Å²) < 4.78 is 5.66. The molecule has 4 aromatic rings. The van der Waals surface area contributed by atoms with Crippen molar-refractivity contribution in [3.8, 4) is 17.0 Å². The maximum absolute atomic E-state index is 12.5. The molecule has 0 saturated carbocycles. The molecule has 6 nitrogen and oxygen atoms in total. The molecule has 1 atom stereocenters. The van der Waals surface area contributed by atoms with E-state index in [4.69, 9.17) is 27.9 Å². The Hall–Kier alpha value is -3.61. The molecule has 1 amide bonds. The minimum Gasteiger partial charge on any atom is -0.479 e. The van der Waals surface area contributed by atoms with E-state index in [1.54, 1.807) is 37.3 Å². The summed E-state index contributed by atoms with van der Waals surface area (Å²) in [6.07, 6.45) is 0.770. The Balaban J connectivity index is 1.37. The molecule has 166 valence electrons. The molecule has 0 radical (unpaired) electrons. The van der Waals surface area contributed by atoms with E-state index in [2.05, 4.69) is 20.6 Å². The van der Waals surface area contributed by atoms with Crippen LogP contribution in [0.4, 0.5) is 17.2 Å². The number of aromatic nitrogens is 2. The van der Waals surface area contributed by atoms with Gasteiger partial charge >= 0.3 is 0 Å². The second-order valence-corrected chi connectivity index (χ2v) is 8.02. The summed E-state index contributed by atoms with van der Waals surface area (Å²) in [5.41, 5.74) is 3.29. The largest absolute Gasteiger partial charge is 0.479 e. The maximum Gasteiger partial charge on any atom is 0.265 e. The van der Waals surface area contributed by atoms with Gasteiger partial charge in [-0.25, -0.2) is 9.97 Å². The van der Waals surface area contributed by atoms with Crippen LogP contribution in [0.2, 0.25) is 10.0 Å². The van der Waals surface area contributed by atoms with Gasteiger partial charge in [0.25, 0.3) is 5.91 Å². The van der Waals surface area contributed by atoms with Crippen LogP contribution >= 0.6 is 23.2 Å². The first-order valence-corrected chi connectivity index (χ1v) is 10.9. The van der Waals surface area contributed by atoms with E-state index in [0.717, 1.165) is 16.9 Å². The Labute approximate surface area is 201 Å². The van der Waals surface area contributed by atoms with E-state index >= 15 is 0 Å². The van der Waals surface area contributed by atoms with E-state index < -0.39 is 6.10 Å². The van der Waals surface area contributed by atoms with Crippen molar-refractivity contribution >= 4 is 46.3 Å². The highest BCUT2D eigenvalue weighted by molar-refractivity contribution is 6.35. The monoisotopic (exact) mass is 478 g/mol. The summed E-state index contributed by atoms with van der Waals surface area (Å²) in [6, 6.07) is 23.9. The number of nitrogens with zero attached hydrogens (tertiary/aromatic N) is 2. The van der Waals surface area contributed by atoms with Crippen molar-refractivity contribution in [2.75, 3.05) is 10.6 Å². The van der Waals surface area contributed by atoms with Crippen LogP contribution in [-0.4, -0.2) is 22.0 Å². The Kier molecular flexibility index (Phi) is 7.07. The van der Waals surface area contributed by atoms with Gasteiger partial charge in [0, 0.05) is 28.0 Å². The number of rotatable bonds is 7. The lowest BCUT2D eigenvalue weighted by Gasteiger charge is -2.16. The van der Waals surface area contributed by atoms with Crippen LogP contribution < -0.4 is 15.4 Å². The minimum absolute atomic E-state index is 0.301. The molecule has 0 fully saturated rings. The van der Waals surface area contributed by atoms with Crippen molar-refractivity contribution < 1.29 is 9.53 Å². The molecule has 8 heteroatoms. The molecule has 1 aromatic heterocycles. The normalized spacial score (nSPS) is 11.5. The number of amides is 1. The van der Waals surface area contributed by atoms with Crippen LogP contribution in [0, 0.1) is 0 Å². The Morgan fingerprint density at radius 3 is 2.36 bits per heavy atom. The standard InChI is InChI=1S/C25H20Cl2N4O2/c1-16(33-23-12-7-18(26)13-21(23)27)25(32)31-20-10-8-19(9-11-20)30-24-14-22(28-15-29-24)17-5-3-2-4-6-17/h2-16H,1H3,(H,31,32)(H,28,29,30). The summed E-state index contributed by atoms with van der Waals surface area (Å²) in [4.78, 5) is 21.1. The molecule has 0 saturated heterocycles. The van der Waals surface area contributed by atoms with Crippen LogP contribution in [0.25, 0.3) is 11.3 Å². The first-order valence-electron chi connectivity index (χ1n) is 10.1. The molecule has 2 N–H and O–H groups in total. The second-order valence-electron chi connectivity index (χ2n) is 7.18. The van der Waals surface area contributed by atoms with Gasteiger partial charge < -0.3 is 15.4 Å². The van der Waals surface area contributed by atoms with Crippen LogP contribution in [0.1, 0.15) is 6.92 Å². The van der Waals surface area contributed by atoms with Crippen molar-refractivity contribution in [1.29, 1.82) is 0 Å². The van der Waals surface area contributed by atoms with Gasteiger partial charge in [0.15, 0.2) is 6.10 Å². The number of hydrogen-bond donors (Lipinski definition) is 2. The minimum atomic E-state index is -0.751. The molecule has 0 bridgehead atoms. The smallest absolute Gasteiger partial charge is 0.265 e. The van der Waals surface area contributed by atoms with Crippen molar-refractivity contribution in [2.24, 2.45) is 0 Å². The number of ether oxygens (including phenoxy) is 1. The van der Waals surface area contributed by atoms with Crippen LogP contribution in [-0.2, 0) is 4.79 Å². The zero-order valence-corrected chi connectivity index (χ0v) is 19.1. The van der Waals surface area contributed by atoms with E-state index in [1.807, 2.05) is 48.5 Å². The summed E-state index contributed by atoms with van der Waals surface area (Å²) in [5, 5.41) is 6.92. The maximum atomic E-state index is 12.5. The number of carbonyl (C=O) groups is 1. The van der Waals surface area contributed by atoms with Gasteiger partial charge in [-0.3, -0.25) is 4.79 Å². The SMILES string of the molecule is CC(Oc1ccc(Cl)cc1Cl)C(=O)Nc1ccc(Nc2cc(-c3ccccc3)ncn2)cc1. The first kappa shape index (κ1) is 22.6. The van der Waals surface area contributed by atoms with Gasteiger partial charge in [0.05, 0.1) is 10.7 Å². The Bertz CT molecular complexity index is 1250. The van der Waals surface area contributed by atoms with E-state index in [-0.39, 0.29) is 5.91 Å². The number of anilines is 3. The quantitative estimate of drug-likeness (QED) is 0.312. The highest BCUT2D eigenvalue weighted by Crippen LogP contribution is 2.28. The number of hydrogen-bond acceptors (Lipinski definition) is 5. The average molecular weight is 479 g/mol. The van der Waals surface area contributed by atoms with Crippen LogP contribution in [0.5, 0.6) is 5.75 Å². The summed E-state index contributed by atoms with van der Waals surface area (Å²) >= 11 is 12.0. The molecule has 0 aliphatic rings. The van der Waals surface area contributed by atoms with Gasteiger partial charge in [0.2, 0.25) is 0 Å². The number of nitrogens with one attached hydrogen (secondary N) is 2. The van der Waals surface area contributed by atoms with E-state index in [9.17, 15) is 4.79 Å². The van der Waals surface area contributed by atoms with Gasteiger partial charge in [-0.1, -0.05) is 53.5 Å². The van der Waals surface area contributed by atoms with Gasteiger partial charge in [-0.15, -0.1) is 0 Å². The number of carbonyl (C=O) groups excluding carboxylic acids is 1. The zero-order valence-electron chi connectivity index (χ0n) is 17.6. The third kappa shape index (κ3) is 6.00. The summed E-state index contributed by atoms with van der Waals surface area (Å²) in [7, 11) is 0. The van der Waals surface area contributed by atoms with Gasteiger partial charge in [-0.2, -0.15) is 0 Å². The van der Waals surface area contributed by atoms with Gasteiger partial charge in [-0.05, 0) is 49.4 Å². The molecular weight excluding hydrogens is 459 g/mol. The fraction of sp³-hybridized carbons (Fsp3) is 0.0800. The van der Waals surface area contributed by atoms with E-state index in [0.29, 0.717) is 27.3 Å². The van der Waals surface area contributed by atoms with Crippen LogP contribution in [0.3, 0.4) is 0 Å². The Morgan fingerprint density at radius 1 is 0.909 bits per heavy atom. The van der Waals surface area contributed by atoms with Crippen molar-refractivity contribution in [2.45, 2.75) is 13.0 Å². The predicted molar refractivity (Wildman–Crippen MR) is 132 cm³/mol. The highest BCUT2D eigenvalue weighted by Gasteiger charge is 2.16. The third-order valence-electron chi connectivity index (χ3n) is 4.73. The lowest BCUT2D eigenvalue weighted by atomic mass is 10.1. The molecule has 0 spiro atoms. The molecule has 33 heavy (non-hydrogen) atoms. The molecule has 4 rings (SSSR count). The third-order valence-corrected chi connectivity index (χ3v) is 5.26. The van der Waals surface area contributed by atoms with Crippen molar-refractivity contribution in [3.63, 3.8) is 0 Å². The first-order chi connectivity index (χ1) is 16.0. The molecule has 3 aromatic carbocycles. The summed E-state index contributed by atoms with van der Waals surface area (Å²) in [6.45, 7) is 1.65. The summed E-state index contributed by atoms with van der Waals surface area (Å²) in [5.74, 6) is 0.760. The predicted octanol–water partition coefficient (Wildman–Crippen LogP) is 6.60. The fourth-order valence-corrected chi connectivity index (χ4v) is 3.49. The molecule has 1 heterocycles. The van der Waals surface area contributed by atoms with Crippen molar-refractivity contribution in [3.05, 3.63) is 95.2 Å². The second kappa shape index (κ2) is 10.3. The van der Waals surface area contributed by atoms with Crippen LogP contribution in [0.15, 0.2) is 85.2 Å². The highest BCUT2D eigenvalue weighted by atomic mass is 35.5.